The minimum atomic E-state index is -0.538. The van der Waals surface area contributed by atoms with Crippen LogP contribution in [0.2, 0.25) is 0 Å². The smallest absolute Gasteiger partial charge is 0.338 e. The van der Waals surface area contributed by atoms with Gasteiger partial charge in [0.05, 0.1) is 143 Å². The molecule has 0 bridgehead atoms. The monoisotopic (exact) mass is 1960 g/mol. The molecule has 0 aliphatic carbocycles. The normalized spacial score (nSPS) is 11.5. The summed E-state index contributed by atoms with van der Waals surface area (Å²) >= 11 is 0. The minimum absolute atomic E-state index is 0.0134. The number of ether oxygens (including phenoxy) is 12. The van der Waals surface area contributed by atoms with Crippen molar-refractivity contribution in [2.24, 2.45) is 0 Å². The number of benzene rings is 11. The highest BCUT2D eigenvalue weighted by atomic mass is 16.6. The molecule has 0 heterocycles. The highest BCUT2D eigenvalue weighted by molar-refractivity contribution is 6.03. The number of hydrogen-bond acceptors (Lipinski definition) is 24. The van der Waals surface area contributed by atoms with Gasteiger partial charge in [-0.15, -0.1) is 0 Å². The van der Waals surface area contributed by atoms with Gasteiger partial charge in [0.2, 0.25) is 0 Å². The average molecular weight is 1960 g/mol. The highest BCUT2D eigenvalue weighted by Crippen LogP contribution is 2.44. The summed E-state index contributed by atoms with van der Waals surface area (Å²) in [6.45, 7) is 47.3. The van der Waals surface area contributed by atoms with Crippen LogP contribution < -0.4 is 0 Å². The fraction of sp³-hybridized carbons (Fsp3) is 0.400. The van der Waals surface area contributed by atoms with E-state index >= 15 is 0 Å². The van der Waals surface area contributed by atoms with E-state index in [0.29, 0.717) is 105 Å². The van der Waals surface area contributed by atoms with Crippen LogP contribution in [-0.4, -0.2) is 148 Å². The molecule has 0 spiro atoms. The molecule has 11 aromatic carbocycles. The van der Waals surface area contributed by atoms with E-state index in [2.05, 4.69) is 83.1 Å². The van der Waals surface area contributed by atoms with Crippen LogP contribution in [0.5, 0.6) is 0 Å². The third kappa shape index (κ3) is 30.0. The maximum Gasteiger partial charge on any atom is 0.338 e. The lowest BCUT2D eigenvalue weighted by Crippen LogP contribution is -2.21. The summed E-state index contributed by atoms with van der Waals surface area (Å²) < 4.78 is 67.8. The van der Waals surface area contributed by atoms with Crippen molar-refractivity contribution in [2.75, 3.05) is 39.6 Å². The van der Waals surface area contributed by atoms with Gasteiger partial charge in [0.15, 0.2) is 0 Å². The van der Waals surface area contributed by atoms with Gasteiger partial charge in [-0.1, -0.05) is 119 Å². The molecule has 24 nitrogen and oxygen atoms in total. The third-order valence-electron chi connectivity index (χ3n) is 23.9. The Bertz CT molecular complexity index is 5820. The standard InChI is InChI=1S/C66H72O12.C54H66O12/c1-37(2)58-55(25-28-73-61(67)49-19-13-46-34-52(22-16-43(46)31-49)64(70)76-40(7)8)59(38(3)4)57(27-30-75-63(69)51-21-15-48-36-54(24-18-45(48)33-51)66(72)78-42(11)12)60(39(5)6)56(58)26-29-74-62(68)50-20-14-47-35-53(23-17-44(47)32-50)65(71)77-41(9)10;1-31(2)46-43(25-28-61-49(55)37-13-19-40(20-14-37)52(58)64-34(7)8)47(32(3)4)45(27-30-63-51(57)39-17-23-42(24-18-39)54(60)66-36(11)12)48(33(5)6)44(46)26-29-62-50(56)38-15-21-41(22-16-38)53(59)65-35(9)10/h13-24,31-42H,25-30H2,1-12H3;13-24,31-36H,25-30H2,1-12H3. The molecule has 0 aliphatic rings. The Hall–Kier alpha value is -14.2. The van der Waals surface area contributed by atoms with E-state index in [-0.39, 0.29) is 112 Å². The van der Waals surface area contributed by atoms with E-state index in [9.17, 15) is 57.5 Å². The molecule has 0 aromatic heterocycles. The maximum atomic E-state index is 13.8. The SMILES string of the molecule is CC(C)OC(=O)c1ccc(C(=O)OCCc2c(C(C)C)c(CCOC(=O)c3ccc(C(=O)OC(C)C)cc3)c(C(C)C)c(CCOC(=O)c3ccc(C(=O)OC(C)C)cc3)c2C(C)C)cc1.CC(C)OC(=O)c1ccc2cc(C(=O)OCCc3c(C(C)C)c(CCOC(=O)c4ccc5cc(C(=O)OC(C)C)ccc5c4)c(C(C)C)c(CCOC(=O)c4ccc5cc(C(=O)OC(C)C)ccc5c4)c3C(C)C)ccc2c1. The van der Waals surface area contributed by atoms with E-state index in [0.717, 1.165) is 99.1 Å². The van der Waals surface area contributed by atoms with Crippen LogP contribution in [-0.2, 0) is 95.4 Å². The van der Waals surface area contributed by atoms with Gasteiger partial charge in [0, 0.05) is 38.5 Å². The van der Waals surface area contributed by atoms with Crippen molar-refractivity contribution < 1.29 is 114 Å². The summed E-state index contributed by atoms with van der Waals surface area (Å²) in [4.78, 5) is 156. The molecule has 11 rings (SSSR count). The molecule has 0 N–H and O–H groups in total. The fourth-order valence-electron chi connectivity index (χ4n) is 18.2. The first-order chi connectivity index (χ1) is 68.3. The molecule has 0 fully saturated rings. The molecular formula is C120H138O24. The van der Waals surface area contributed by atoms with Crippen molar-refractivity contribution in [3.05, 3.63) is 316 Å². The average Bonchev–Trinajstić information content (AvgIpc) is 0.750. The molecule has 11 aromatic rings. The summed E-state index contributed by atoms with van der Waals surface area (Å²) in [5, 5.41) is 4.67. The Morgan fingerprint density at radius 3 is 0.403 bits per heavy atom. The van der Waals surface area contributed by atoms with Crippen LogP contribution in [0, 0.1) is 0 Å². The van der Waals surface area contributed by atoms with Crippen molar-refractivity contribution in [1.82, 2.24) is 0 Å². The number of carbonyl (C=O) groups excluding carboxylic acids is 12. The molecule has 0 amide bonds. The molecule has 0 radical (unpaired) electrons. The second-order valence-electron chi connectivity index (χ2n) is 39.4. The van der Waals surface area contributed by atoms with Gasteiger partial charge >= 0.3 is 71.6 Å². The Morgan fingerprint density at radius 2 is 0.271 bits per heavy atom. The van der Waals surface area contributed by atoms with E-state index in [1.807, 2.05) is 0 Å². The summed E-state index contributed by atoms with van der Waals surface area (Å²) in [6.07, 6.45) is 0.679. The molecule has 762 valence electrons. The summed E-state index contributed by atoms with van der Waals surface area (Å²) in [6, 6.07) is 49.9. The van der Waals surface area contributed by atoms with Gasteiger partial charge in [-0.3, -0.25) is 0 Å². The summed E-state index contributed by atoms with van der Waals surface area (Å²) in [5.74, 6) is -5.67. The van der Waals surface area contributed by atoms with E-state index in [4.69, 9.17) is 56.8 Å². The molecule has 144 heavy (non-hydrogen) atoms. The summed E-state index contributed by atoms with van der Waals surface area (Å²) in [5.41, 5.74) is 16.9. The predicted molar refractivity (Wildman–Crippen MR) is 556 cm³/mol. The van der Waals surface area contributed by atoms with Crippen LogP contribution in [0.4, 0.5) is 0 Å². The van der Waals surface area contributed by atoms with Gasteiger partial charge in [0.1, 0.15) is 0 Å². The minimum Gasteiger partial charge on any atom is -0.462 e. The zero-order chi connectivity index (χ0) is 105. The third-order valence-corrected chi connectivity index (χ3v) is 23.9. The molecule has 0 saturated heterocycles. The zero-order valence-electron chi connectivity index (χ0n) is 87.5. The molecular weight excluding hydrogens is 1830 g/mol. The Morgan fingerprint density at radius 1 is 0.160 bits per heavy atom. The first-order valence-electron chi connectivity index (χ1n) is 49.9. The van der Waals surface area contributed by atoms with Gasteiger partial charge in [-0.2, -0.15) is 0 Å². The highest BCUT2D eigenvalue weighted by Gasteiger charge is 2.33. The van der Waals surface area contributed by atoms with Crippen LogP contribution in [0.15, 0.2) is 182 Å². The van der Waals surface area contributed by atoms with Crippen LogP contribution in [0.3, 0.4) is 0 Å². The Labute approximate surface area is 845 Å². The first kappa shape index (κ1) is 112. The molecule has 0 atom stereocenters. The van der Waals surface area contributed by atoms with Crippen molar-refractivity contribution in [3.8, 4) is 0 Å². The first-order valence-corrected chi connectivity index (χ1v) is 49.9. The summed E-state index contributed by atoms with van der Waals surface area (Å²) in [7, 11) is 0. The number of hydrogen-bond donors (Lipinski definition) is 0. The fourth-order valence-corrected chi connectivity index (χ4v) is 18.2. The largest absolute Gasteiger partial charge is 0.462 e. The zero-order valence-corrected chi connectivity index (χ0v) is 87.5. The van der Waals surface area contributed by atoms with Crippen molar-refractivity contribution in [3.63, 3.8) is 0 Å². The van der Waals surface area contributed by atoms with E-state index < -0.39 is 71.6 Å². The second kappa shape index (κ2) is 51.7. The van der Waals surface area contributed by atoms with Crippen LogP contribution in [0.1, 0.15) is 393 Å². The lowest BCUT2D eigenvalue weighted by atomic mass is 9.74. The number of fused-ring (bicyclic) bond motifs is 3. The molecule has 0 aliphatic heterocycles. The molecule has 24 heteroatoms. The van der Waals surface area contributed by atoms with Gasteiger partial charge in [0.25, 0.3) is 0 Å². The lowest BCUT2D eigenvalue weighted by molar-refractivity contribution is 0.0367. The van der Waals surface area contributed by atoms with Crippen molar-refractivity contribution in [1.29, 1.82) is 0 Å². The Kier molecular flexibility index (Phi) is 40.1. The molecule has 0 unspecified atom stereocenters. The van der Waals surface area contributed by atoms with Gasteiger partial charge < -0.3 is 56.8 Å². The van der Waals surface area contributed by atoms with Gasteiger partial charge in [-0.05, 0) is 363 Å². The number of rotatable bonds is 42. The number of esters is 12. The molecule has 0 saturated carbocycles. The maximum absolute atomic E-state index is 13.8. The second-order valence-corrected chi connectivity index (χ2v) is 39.4. The topological polar surface area (TPSA) is 316 Å². The Balaban J connectivity index is 0.000000300. The van der Waals surface area contributed by atoms with Crippen LogP contribution >= 0.6 is 0 Å². The van der Waals surface area contributed by atoms with Crippen molar-refractivity contribution >= 4 is 104 Å². The predicted octanol–water partition coefficient (Wildman–Crippen LogP) is 25.4. The van der Waals surface area contributed by atoms with Gasteiger partial charge in [-0.25, -0.2) is 57.5 Å². The van der Waals surface area contributed by atoms with Crippen molar-refractivity contribution in [2.45, 2.75) is 277 Å². The lowest BCUT2D eigenvalue weighted by Gasteiger charge is -2.32. The van der Waals surface area contributed by atoms with Crippen LogP contribution in [0.25, 0.3) is 32.3 Å². The van der Waals surface area contributed by atoms with E-state index in [1.165, 1.54) is 36.4 Å². The number of carbonyl (C=O) groups is 12. The van der Waals surface area contributed by atoms with E-state index in [1.54, 1.807) is 229 Å². The quantitative estimate of drug-likeness (QED) is 0.0253.